The number of carbonyl (C=O) groups is 1. The minimum Gasteiger partial charge on any atom is -0.493 e. The van der Waals surface area contributed by atoms with E-state index in [2.05, 4.69) is 20.6 Å². The Morgan fingerprint density at radius 2 is 1.64 bits per heavy atom. The highest BCUT2D eigenvalue weighted by atomic mass is 16.6. The maximum atomic E-state index is 12.4. The fourth-order valence-electron chi connectivity index (χ4n) is 3.22. The van der Waals surface area contributed by atoms with Gasteiger partial charge in [-0.05, 0) is 36.4 Å². The monoisotopic (exact) mass is 445 g/mol. The van der Waals surface area contributed by atoms with Crippen LogP contribution in [-0.2, 0) is 0 Å². The van der Waals surface area contributed by atoms with Crippen molar-refractivity contribution in [1.82, 2.24) is 9.97 Å². The first-order chi connectivity index (χ1) is 16.0. The largest absolute Gasteiger partial charge is 0.493 e. The predicted octanol–water partition coefficient (Wildman–Crippen LogP) is 4.55. The summed E-state index contributed by atoms with van der Waals surface area (Å²) in [6, 6.07) is 16.1. The van der Waals surface area contributed by atoms with Crippen LogP contribution in [0.25, 0.3) is 10.9 Å². The van der Waals surface area contributed by atoms with Crippen molar-refractivity contribution in [2.75, 3.05) is 24.9 Å². The molecule has 0 aliphatic rings. The molecule has 0 aliphatic heterocycles. The van der Waals surface area contributed by atoms with Crippen molar-refractivity contribution < 1.29 is 19.2 Å². The summed E-state index contributed by atoms with van der Waals surface area (Å²) < 4.78 is 10.7. The summed E-state index contributed by atoms with van der Waals surface area (Å²) in [7, 11) is 3.12. The zero-order valence-corrected chi connectivity index (χ0v) is 17.7. The van der Waals surface area contributed by atoms with Crippen LogP contribution in [0.1, 0.15) is 10.4 Å². The number of nitrogens with zero attached hydrogens (tertiary/aromatic N) is 3. The molecule has 10 nitrogen and oxygen atoms in total. The van der Waals surface area contributed by atoms with E-state index >= 15 is 0 Å². The highest BCUT2D eigenvalue weighted by Crippen LogP contribution is 2.34. The number of carbonyl (C=O) groups excluding carboxylic acids is 1. The quantitative estimate of drug-likeness (QED) is 0.313. The van der Waals surface area contributed by atoms with Gasteiger partial charge in [0.1, 0.15) is 12.1 Å². The molecule has 33 heavy (non-hydrogen) atoms. The lowest BCUT2D eigenvalue weighted by Gasteiger charge is -2.12. The van der Waals surface area contributed by atoms with E-state index in [9.17, 15) is 14.9 Å². The third-order valence-corrected chi connectivity index (χ3v) is 4.87. The van der Waals surface area contributed by atoms with Crippen LogP contribution in [0.5, 0.6) is 11.5 Å². The van der Waals surface area contributed by atoms with Gasteiger partial charge in [0, 0.05) is 40.5 Å². The van der Waals surface area contributed by atoms with E-state index in [0.29, 0.717) is 28.5 Å². The van der Waals surface area contributed by atoms with E-state index in [1.54, 1.807) is 50.6 Å². The number of aromatic nitrogens is 2. The average molecular weight is 445 g/mol. The van der Waals surface area contributed by atoms with Gasteiger partial charge >= 0.3 is 0 Å². The number of hydrogen-bond acceptors (Lipinski definition) is 8. The van der Waals surface area contributed by atoms with E-state index in [4.69, 9.17) is 9.47 Å². The lowest BCUT2D eigenvalue weighted by molar-refractivity contribution is -0.384. The first kappa shape index (κ1) is 21.5. The molecule has 0 atom stereocenters. The van der Waals surface area contributed by atoms with E-state index in [0.717, 1.165) is 11.1 Å². The number of rotatable bonds is 7. The molecule has 0 saturated carbocycles. The Hall–Kier alpha value is -4.73. The minimum atomic E-state index is -0.542. The number of methoxy groups -OCH3 is 2. The topological polar surface area (TPSA) is 129 Å². The number of fused-ring (bicyclic) bond motifs is 1. The first-order valence-corrected chi connectivity index (χ1v) is 9.78. The Kier molecular flexibility index (Phi) is 5.98. The van der Waals surface area contributed by atoms with E-state index < -0.39 is 10.8 Å². The summed E-state index contributed by atoms with van der Waals surface area (Å²) >= 11 is 0. The molecule has 0 bridgehead atoms. The summed E-state index contributed by atoms with van der Waals surface area (Å²) in [6.07, 6.45) is 1.45. The van der Waals surface area contributed by atoms with Gasteiger partial charge in [-0.1, -0.05) is 6.07 Å². The number of anilines is 3. The van der Waals surface area contributed by atoms with Crippen molar-refractivity contribution in [2.45, 2.75) is 0 Å². The van der Waals surface area contributed by atoms with Gasteiger partial charge < -0.3 is 20.1 Å². The third kappa shape index (κ3) is 4.64. The van der Waals surface area contributed by atoms with Crippen LogP contribution in [0.15, 0.2) is 67.0 Å². The Balaban J connectivity index is 1.52. The molecule has 166 valence electrons. The molecule has 3 aromatic carbocycles. The number of nitro groups is 1. The second kappa shape index (κ2) is 9.18. The molecule has 0 aliphatic carbocycles. The Morgan fingerprint density at radius 1 is 0.939 bits per heavy atom. The molecule has 0 saturated heterocycles. The fraction of sp³-hybridized carbons (Fsp3) is 0.0870. The predicted molar refractivity (Wildman–Crippen MR) is 123 cm³/mol. The summed E-state index contributed by atoms with van der Waals surface area (Å²) in [6.45, 7) is 0. The SMILES string of the molecule is COc1cc2ncnc(Nc3ccc(NC(=O)c4cccc([N+](=O)[O-])c4)cc3)c2cc1OC. The van der Waals surface area contributed by atoms with Crippen molar-refractivity contribution in [3.63, 3.8) is 0 Å². The van der Waals surface area contributed by atoms with Gasteiger partial charge in [0.2, 0.25) is 0 Å². The molecule has 0 spiro atoms. The number of amides is 1. The number of hydrogen-bond donors (Lipinski definition) is 2. The number of nitrogens with one attached hydrogen (secondary N) is 2. The van der Waals surface area contributed by atoms with Crippen LogP contribution in [0.3, 0.4) is 0 Å². The van der Waals surface area contributed by atoms with Crippen LogP contribution in [0, 0.1) is 10.1 Å². The lowest BCUT2D eigenvalue weighted by atomic mass is 10.2. The smallest absolute Gasteiger partial charge is 0.270 e. The number of benzene rings is 3. The summed E-state index contributed by atoms with van der Waals surface area (Å²) in [5, 5.41) is 17.6. The lowest BCUT2D eigenvalue weighted by Crippen LogP contribution is -2.12. The molecule has 4 rings (SSSR count). The van der Waals surface area contributed by atoms with Gasteiger partial charge in [0.15, 0.2) is 11.5 Å². The van der Waals surface area contributed by atoms with Crippen LogP contribution >= 0.6 is 0 Å². The van der Waals surface area contributed by atoms with Gasteiger partial charge in [-0.15, -0.1) is 0 Å². The van der Waals surface area contributed by atoms with Gasteiger partial charge in [-0.25, -0.2) is 9.97 Å². The standard InChI is InChI=1S/C23H19N5O5/c1-32-20-11-18-19(12-21(20)33-2)24-13-25-22(18)26-15-6-8-16(9-7-15)27-23(29)14-4-3-5-17(10-14)28(30)31/h3-13H,1-2H3,(H,27,29)(H,24,25,26). The molecule has 0 radical (unpaired) electrons. The van der Waals surface area contributed by atoms with Crippen LogP contribution in [0.2, 0.25) is 0 Å². The van der Waals surface area contributed by atoms with Gasteiger partial charge in [0.25, 0.3) is 11.6 Å². The normalized spacial score (nSPS) is 10.5. The summed E-state index contributed by atoms with van der Waals surface area (Å²) in [4.78, 5) is 31.4. The number of nitro benzene ring substituents is 1. The van der Waals surface area contributed by atoms with Crippen molar-refractivity contribution in [1.29, 1.82) is 0 Å². The highest BCUT2D eigenvalue weighted by Gasteiger charge is 2.13. The second-order valence-corrected chi connectivity index (χ2v) is 6.91. The molecule has 1 amide bonds. The number of non-ortho nitro benzene ring substituents is 1. The molecule has 0 fully saturated rings. The van der Waals surface area contributed by atoms with E-state index in [-0.39, 0.29) is 11.3 Å². The summed E-state index contributed by atoms with van der Waals surface area (Å²) in [5.41, 5.74) is 2.01. The second-order valence-electron chi connectivity index (χ2n) is 6.91. The zero-order valence-electron chi connectivity index (χ0n) is 17.7. The zero-order chi connectivity index (χ0) is 23.4. The van der Waals surface area contributed by atoms with Crippen molar-refractivity contribution in [3.8, 4) is 11.5 Å². The molecule has 4 aromatic rings. The molecule has 1 aromatic heterocycles. The van der Waals surface area contributed by atoms with Crippen LogP contribution < -0.4 is 20.1 Å². The molecule has 0 unspecified atom stereocenters. The van der Waals surface area contributed by atoms with E-state index in [1.165, 1.54) is 30.6 Å². The van der Waals surface area contributed by atoms with E-state index in [1.807, 2.05) is 0 Å². The minimum absolute atomic E-state index is 0.145. The van der Waals surface area contributed by atoms with Crippen molar-refractivity contribution in [2.24, 2.45) is 0 Å². The van der Waals surface area contributed by atoms with Gasteiger partial charge in [-0.3, -0.25) is 14.9 Å². The van der Waals surface area contributed by atoms with Gasteiger partial charge in [0.05, 0.1) is 24.7 Å². The molecule has 1 heterocycles. The van der Waals surface area contributed by atoms with Crippen LogP contribution in [-0.4, -0.2) is 35.0 Å². The highest BCUT2D eigenvalue weighted by molar-refractivity contribution is 6.04. The molecule has 10 heteroatoms. The van der Waals surface area contributed by atoms with Crippen molar-refractivity contribution in [3.05, 3.63) is 82.7 Å². The molecular weight excluding hydrogens is 426 g/mol. The molecular formula is C23H19N5O5. The Bertz CT molecular complexity index is 1340. The van der Waals surface area contributed by atoms with Crippen molar-refractivity contribution >= 4 is 39.7 Å². The Labute approximate surface area is 188 Å². The van der Waals surface area contributed by atoms with Crippen LogP contribution in [0.4, 0.5) is 22.9 Å². The maximum Gasteiger partial charge on any atom is 0.270 e. The fourth-order valence-corrected chi connectivity index (χ4v) is 3.22. The maximum absolute atomic E-state index is 12.4. The average Bonchev–Trinajstić information content (AvgIpc) is 2.84. The Morgan fingerprint density at radius 3 is 2.33 bits per heavy atom. The first-order valence-electron chi connectivity index (χ1n) is 9.78. The summed E-state index contributed by atoms with van der Waals surface area (Å²) in [5.74, 6) is 1.26. The number of ether oxygens (including phenoxy) is 2. The van der Waals surface area contributed by atoms with Gasteiger partial charge in [-0.2, -0.15) is 0 Å². The molecule has 2 N–H and O–H groups in total. The third-order valence-electron chi connectivity index (χ3n) is 4.87.